The molecule has 1 aromatic carbocycles. The van der Waals surface area contributed by atoms with Crippen LogP contribution < -0.4 is 10.1 Å². The fraction of sp³-hybridized carbons (Fsp3) is 0.450. The van der Waals surface area contributed by atoms with Crippen LogP contribution in [0.25, 0.3) is 0 Å². The summed E-state index contributed by atoms with van der Waals surface area (Å²) in [7, 11) is 0. The van der Waals surface area contributed by atoms with Crippen molar-refractivity contribution in [1.29, 1.82) is 0 Å². The van der Waals surface area contributed by atoms with Crippen LogP contribution in [0.5, 0.6) is 5.75 Å². The van der Waals surface area contributed by atoms with Crippen LogP contribution in [-0.2, 0) is 6.61 Å². The van der Waals surface area contributed by atoms with Crippen LogP contribution in [-0.4, -0.2) is 36.5 Å². The first-order valence-corrected chi connectivity index (χ1v) is 8.99. The van der Waals surface area contributed by atoms with Crippen LogP contribution in [0, 0.1) is 12.8 Å². The van der Waals surface area contributed by atoms with Crippen molar-refractivity contribution in [2.24, 2.45) is 5.92 Å². The smallest absolute Gasteiger partial charge is 0.287 e. The quantitative estimate of drug-likeness (QED) is 0.909. The molecule has 3 aliphatic rings. The number of fused-ring (bicyclic) bond motifs is 3. The highest BCUT2D eigenvalue weighted by atomic mass is 16.5. The number of ether oxygens (including phenoxy) is 1. The van der Waals surface area contributed by atoms with Gasteiger partial charge in [-0.1, -0.05) is 18.2 Å². The van der Waals surface area contributed by atoms with Crippen molar-refractivity contribution in [3.63, 3.8) is 0 Å². The fourth-order valence-corrected chi connectivity index (χ4v) is 3.81. The number of nitrogens with one attached hydrogen (secondary N) is 1. The van der Waals surface area contributed by atoms with E-state index in [4.69, 9.17) is 9.15 Å². The highest BCUT2D eigenvalue weighted by Crippen LogP contribution is 2.27. The van der Waals surface area contributed by atoms with Gasteiger partial charge in [-0.2, -0.15) is 0 Å². The molecule has 0 radical (unpaired) electrons. The molecule has 25 heavy (non-hydrogen) atoms. The number of hydrogen-bond acceptors (Lipinski definition) is 4. The van der Waals surface area contributed by atoms with E-state index in [1.165, 1.54) is 12.8 Å². The van der Waals surface area contributed by atoms with E-state index in [9.17, 15) is 4.79 Å². The van der Waals surface area contributed by atoms with Crippen LogP contribution in [0.1, 0.15) is 34.7 Å². The molecular weight excluding hydrogens is 316 g/mol. The number of nitrogens with zero attached hydrogens (tertiary/aromatic N) is 1. The second-order valence-electron chi connectivity index (χ2n) is 7.04. The highest BCUT2D eigenvalue weighted by molar-refractivity contribution is 5.91. The number of aryl methyl sites for hydroxylation is 1. The number of benzene rings is 1. The number of amides is 1. The third-order valence-electron chi connectivity index (χ3n) is 5.32. The monoisotopic (exact) mass is 340 g/mol. The van der Waals surface area contributed by atoms with Gasteiger partial charge in [-0.3, -0.25) is 4.79 Å². The van der Waals surface area contributed by atoms with E-state index >= 15 is 0 Å². The Hall–Kier alpha value is -2.27. The summed E-state index contributed by atoms with van der Waals surface area (Å²) >= 11 is 0. The van der Waals surface area contributed by atoms with Gasteiger partial charge in [0, 0.05) is 12.6 Å². The Morgan fingerprint density at radius 2 is 2.04 bits per heavy atom. The van der Waals surface area contributed by atoms with E-state index < -0.39 is 0 Å². The second-order valence-corrected chi connectivity index (χ2v) is 7.04. The van der Waals surface area contributed by atoms with Gasteiger partial charge in [0.25, 0.3) is 5.91 Å². The van der Waals surface area contributed by atoms with Crippen LogP contribution >= 0.6 is 0 Å². The maximum atomic E-state index is 12.5. The standard InChI is InChI=1S/C20H24N2O3/c1-14-4-2-3-5-18(14)24-13-16-6-7-19(25-16)20(23)21-17-12-22-10-8-15(17)9-11-22/h2-7,15,17H,8-13H2,1H3,(H,21,23). The number of para-hydroxylation sites is 1. The molecule has 1 aromatic heterocycles. The van der Waals surface area contributed by atoms with E-state index in [2.05, 4.69) is 10.2 Å². The van der Waals surface area contributed by atoms with Gasteiger partial charge < -0.3 is 19.4 Å². The zero-order chi connectivity index (χ0) is 17.2. The summed E-state index contributed by atoms with van der Waals surface area (Å²) in [6, 6.07) is 11.6. The summed E-state index contributed by atoms with van der Waals surface area (Å²) < 4.78 is 11.5. The Bertz CT molecular complexity index is 747. The van der Waals surface area contributed by atoms with E-state index in [-0.39, 0.29) is 11.9 Å². The Balaban J connectivity index is 1.34. The number of hydrogen-bond donors (Lipinski definition) is 1. The zero-order valence-electron chi connectivity index (χ0n) is 14.5. The van der Waals surface area contributed by atoms with E-state index in [1.807, 2.05) is 37.3 Å². The first-order chi connectivity index (χ1) is 12.2. The third kappa shape index (κ3) is 3.56. The lowest BCUT2D eigenvalue weighted by molar-refractivity contribution is 0.0604. The molecule has 132 valence electrons. The summed E-state index contributed by atoms with van der Waals surface area (Å²) in [5.74, 6) is 2.33. The molecule has 5 nitrogen and oxygen atoms in total. The first-order valence-electron chi connectivity index (χ1n) is 8.99. The molecule has 1 amide bonds. The highest BCUT2D eigenvalue weighted by Gasteiger charge is 2.35. The number of furan rings is 1. The maximum Gasteiger partial charge on any atom is 0.287 e. The lowest BCUT2D eigenvalue weighted by Gasteiger charge is -2.44. The van der Waals surface area contributed by atoms with Gasteiger partial charge in [0.15, 0.2) is 5.76 Å². The van der Waals surface area contributed by atoms with Crippen molar-refractivity contribution in [1.82, 2.24) is 10.2 Å². The molecule has 0 spiro atoms. The molecule has 3 fully saturated rings. The predicted octanol–water partition coefficient (Wildman–Crippen LogP) is 2.99. The molecule has 1 atom stereocenters. The first kappa shape index (κ1) is 16.2. The molecule has 3 saturated heterocycles. The van der Waals surface area contributed by atoms with Crippen molar-refractivity contribution < 1.29 is 13.9 Å². The van der Waals surface area contributed by atoms with Crippen molar-refractivity contribution in [2.45, 2.75) is 32.4 Å². The minimum atomic E-state index is -0.124. The summed E-state index contributed by atoms with van der Waals surface area (Å²) in [4.78, 5) is 14.9. The summed E-state index contributed by atoms with van der Waals surface area (Å²) in [5, 5.41) is 3.15. The normalized spacial score (nSPS) is 24.9. The van der Waals surface area contributed by atoms with Gasteiger partial charge in [0.2, 0.25) is 0 Å². The van der Waals surface area contributed by atoms with Crippen molar-refractivity contribution in [3.8, 4) is 5.75 Å². The number of piperidine rings is 3. The van der Waals surface area contributed by atoms with Crippen LogP contribution in [0.15, 0.2) is 40.8 Å². The molecule has 0 saturated carbocycles. The largest absolute Gasteiger partial charge is 0.485 e. The molecule has 1 N–H and O–H groups in total. The summed E-state index contributed by atoms with van der Waals surface area (Å²) in [6.07, 6.45) is 2.36. The average Bonchev–Trinajstić information content (AvgIpc) is 3.11. The van der Waals surface area contributed by atoms with Crippen LogP contribution in [0.2, 0.25) is 0 Å². The van der Waals surface area contributed by atoms with Gasteiger partial charge in [-0.25, -0.2) is 0 Å². The SMILES string of the molecule is Cc1ccccc1OCc1ccc(C(=O)NC2CN3CCC2CC3)o1. The second kappa shape index (κ2) is 6.92. The number of carbonyl (C=O) groups is 1. The van der Waals surface area contributed by atoms with E-state index in [0.717, 1.165) is 30.9 Å². The van der Waals surface area contributed by atoms with Gasteiger partial charge in [0.05, 0.1) is 0 Å². The minimum Gasteiger partial charge on any atom is -0.485 e. The van der Waals surface area contributed by atoms with Gasteiger partial charge in [-0.15, -0.1) is 0 Å². The van der Waals surface area contributed by atoms with Crippen molar-refractivity contribution in [3.05, 3.63) is 53.5 Å². The van der Waals surface area contributed by atoms with Gasteiger partial charge in [-0.05, 0) is 62.5 Å². The minimum absolute atomic E-state index is 0.124. The fourth-order valence-electron chi connectivity index (χ4n) is 3.81. The zero-order valence-corrected chi connectivity index (χ0v) is 14.5. The molecule has 5 heteroatoms. The summed E-state index contributed by atoms with van der Waals surface area (Å²) in [6.45, 7) is 5.61. The number of rotatable bonds is 5. The van der Waals surface area contributed by atoms with E-state index in [1.54, 1.807) is 6.07 Å². The van der Waals surface area contributed by atoms with Crippen LogP contribution in [0.3, 0.4) is 0 Å². The average molecular weight is 340 g/mol. The molecule has 2 aromatic rings. The lowest BCUT2D eigenvalue weighted by atomic mass is 9.84. The molecule has 2 bridgehead atoms. The Kier molecular flexibility index (Phi) is 4.49. The number of carbonyl (C=O) groups excluding carboxylic acids is 1. The molecule has 3 aliphatic heterocycles. The molecule has 1 unspecified atom stereocenters. The third-order valence-corrected chi connectivity index (χ3v) is 5.32. The molecule has 5 rings (SSSR count). The topological polar surface area (TPSA) is 54.7 Å². The van der Waals surface area contributed by atoms with Crippen molar-refractivity contribution in [2.75, 3.05) is 19.6 Å². The Morgan fingerprint density at radius 3 is 2.76 bits per heavy atom. The molecular formula is C20H24N2O3. The predicted molar refractivity (Wildman–Crippen MR) is 94.6 cm³/mol. The molecule has 0 aliphatic carbocycles. The molecule has 4 heterocycles. The van der Waals surface area contributed by atoms with E-state index in [0.29, 0.717) is 24.0 Å². The van der Waals surface area contributed by atoms with Gasteiger partial charge in [0.1, 0.15) is 18.1 Å². The Morgan fingerprint density at radius 1 is 1.24 bits per heavy atom. The van der Waals surface area contributed by atoms with Gasteiger partial charge >= 0.3 is 0 Å². The lowest BCUT2D eigenvalue weighted by Crippen LogP contribution is -2.57. The Labute approximate surface area is 148 Å². The maximum absolute atomic E-state index is 12.5. The van der Waals surface area contributed by atoms with Crippen molar-refractivity contribution >= 4 is 5.91 Å². The van der Waals surface area contributed by atoms with Crippen LogP contribution in [0.4, 0.5) is 0 Å². The summed E-state index contributed by atoms with van der Waals surface area (Å²) in [5.41, 5.74) is 1.08.